The van der Waals surface area contributed by atoms with Gasteiger partial charge in [0.15, 0.2) is 5.82 Å². The van der Waals surface area contributed by atoms with Gasteiger partial charge >= 0.3 is 0 Å². The molecule has 0 radical (unpaired) electrons. The molecule has 0 aliphatic carbocycles. The molecule has 0 atom stereocenters. The maximum atomic E-state index is 10.9. The highest BCUT2D eigenvalue weighted by Gasteiger charge is 2.13. The van der Waals surface area contributed by atoms with Gasteiger partial charge < -0.3 is 10.7 Å². The zero-order valence-corrected chi connectivity index (χ0v) is 9.38. The smallest absolute Gasteiger partial charge is 0.284 e. The molecule has 0 saturated heterocycles. The second-order valence-corrected chi connectivity index (χ2v) is 3.86. The molecular weight excluding hydrogens is 226 g/mol. The Morgan fingerprint density at radius 1 is 1.38 bits per heavy atom. The van der Waals surface area contributed by atoms with E-state index in [0.717, 1.165) is 11.1 Å². The van der Waals surface area contributed by atoms with Crippen molar-refractivity contribution in [1.29, 1.82) is 0 Å². The monoisotopic (exact) mass is 235 g/mol. The molecular formula is C11H10ClN3O. The first-order valence-electron chi connectivity index (χ1n) is 4.70. The van der Waals surface area contributed by atoms with E-state index in [9.17, 15) is 4.79 Å². The first-order chi connectivity index (χ1) is 7.58. The number of halogens is 1. The molecule has 1 aromatic carbocycles. The van der Waals surface area contributed by atoms with E-state index in [1.165, 1.54) is 0 Å². The van der Waals surface area contributed by atoms with Crippen molar-refractivity contribution in [2.45, 2.75) is 6.92 Å². The van der Waals surface area contributed by atoms with E-state index in [1.54, 1.807) is 0 Å². The zero-order chi connectivity index (χ0) is 11.7. The molecule has 5 heteroatoms. The lowest BCUT2D eigenvalue weighted by Crippen LogP contribution is -2.12. The number of carbonyl (C=O) groups excluding carboxylic acids is 1. The van der Waals surface area contributed by atoms with Crippen LogP contribution in [0, 0.1) is 6.92 Å². The number of carbonyl (C=O) groups is 1. The molecule has 0 spiro atoms. The summed E-state index contributed by atoms with van der Waals surface area (Å²) in [4.78, 5) is 17.6. The molecule has 0 bridgehead atoms. The van der Waals surface area contributed by atoms with Gasteiger partial charge in [-0.1, -0.05) is 41.4 Å². The SMILES string of the molecule is Cc1ccc(-c2nc(C(N)=O)[nH]c2Cl)cc1. The molecule has 0 aliphatic heterocycles. The molecule has 0 aliphatic rings. The van der Waals surface area contributed by atoms with Crippen LogP contribution in [0.15, 0.2) is 24.3 Å². The van der Waals surface area contributed by atoms with Crippen LogP contribution in [0.1, 0.15) is 16.2 Å². The molecule has 4 nitrogen and oxygen atoms in total. The summed E-state index contributed by atoms with van der Waals surface area (Å²) in [5, 5.41) is 0.317. The fraction of sp³-hybridized carbons (Fsp3) is 0.0909. The Morgan fingerprint density at radius 3 is 2.50 bits per heavy atom. The predicted molar refractivity (Wildman–Crippen MR) is 62.3 cm³/mol. The van der Waals surface area contributed by atoms with Gasteiger partial charge in [-0.15, -0.1) is 0 Å². The maximum Gasteiger partial charge on any atom is 0.284 e. The summed E-state index contributed by atoms with van der Waals surface area (Å²) in [6, 6.07) is 7.68. The van der Waals surface area contributed by atoms with E-state index < -0.39 is 5.91 Å². The van der Waals surface area contributed by atoms with Gasteiger partial charge in [-0.25, -0.2) is 4.98 Å². The van der Waals surface area contributed by atoms with Crippen LogP contribution in [0.5, 0.6) is 0 Å². The highest BCUT2D eigenvalue weighted by atomic mass is 35.5. The summed E-state index contributed by atoms with van der Waals surface area (Å²) in [7, 11) is 0. The van der Waals surface area contributed by atoms with Gasteiger partial charge in [0.05, 0.1) is 0 Å². The van der Waals surface area contributed by atoms with Gasteiger partial charge in [0.2, 0.25) is 0 Å². The van der Waals surface area contributed by atoms with Crippen molar-refractivity contribution >= 4 is 17.5 Å². The Bertz CT molecular complexity index is 531. The predicted octanol–water partition coefficient (Wildman–Crippen LogP) is 2.14. The third kappa shape index (κ3) is 1.92. The number of rotatable bonds is 2. The summed E-state index contributed by atoms with van der Waals surface area (Å²) < 4.78 is 0. The summed E-state index contributed by atoms with van der Waals surface area (Å²) in [5.41, 5.74) is 7.63. The number of nitrogens with one attached hydrogen (secondary N) is 1. The number of benzene rings is 1. The highest BCUT2D eigenvalue weighted by molar-refractivity contribution is 6.32. The van der Waals surface area contributed by atoms with Crippen LogP contribution < -0.4 is 5.73 Å². The second kappa shape index (κ2) is 3.98. The average molecular weight is 236 g/mol. The minimum atomic E-state index is -0.625. The summed E-state index contributed by atoms with van der Waals surface area (Å²) in [6.07, 6.45) is 0. The Morgan fingerprint density at radius 2 is 2.00 bits per heavy atom. The fourth-order valence-electron chi connectivity index (χ4n) is 1.37. The van der Waals surface area contributed by atoms with Crippen molar-refractivity contribution in [2.75, 3.05) is 0 Å². The summed E-state index contributed by atoms with van der Waals surface area (Å²) in [5.74, 6) is -0.555. The number of imidazole rings is 1. The van der Waals surface area contributed by atoms with E-state index in [1.807, 2.05) is 31.2 Å². The van der Waals surface area contributed by atoms with E-state index in [-0.39, 0.29) is 5.82 Å². The topological polar surface area (TPSA) is 71.8 Å². The molecule has 82 valence electrons. The Balaban J connectivity index is 2.47. The van der Waals surface area contributed by atoms with Gasteiger partial charge in [-0.05, 0) is 6.92 Å². The summed E-state index contributed by atoms with van der Waals surface area (Å²) >= 11 is 5.94. The number of aromatic nitrogens is 2. The summed E-state index contributed by atoms with van der Waals surface area (Å²) in [6.45, 7) is 1.99. The van der Waals surface area contributed by atoms with E-state index in [0.29, 0.717) is 10.8 Å². The highest BCUT2D eigenvalue weighted by Crippen LogP contribution is 2.25. The third-order valence-electron chi connectivity index (χ3n) is 2.22. The molecule has 1 amide bonds. The number of nitrogens with two attached hydrogens (primary N) is 1. The van der Waals surface area contributed by atoms with Crippen LogP contribution in [0.4, 0.5) is 0 Å². The van der Waals surface area contributed by atoms with Crippen molar-refractivity contribution in [3.05, 3.63) is 40.8 Å². The van der Waals surface area contributed by atoms with E-state index >= 15 is 0 Å². The lowest BCUT2D eigenvalue weighted by molar-refractivity contribution is 0.0991. The number of amides is 1. The quantitative estimate of drug-likeness (QED) is 0.837. The van der Waals surface area contributed by atoms with Crippen LogP contribution >= 0.6 is 11.6 Å². The van der Waals surface area contributed by atoms with Crippen molar-refractivity contribution in [2.24, 2.45) is 5.73 Å². The van der Waals surface area contributed by atoms with Gasteiger partial charge in [-0.3, -0.25) is 4.79 Å². The van der Waals surface area contributed by atoms with Gasteiger partial charge in [0.1, 0.15) is 10.8 Å². The van der Waals surface area contributed by atoms with Crippen molar-refractivity contribution in [3.63, 3.8) is 0 Å². The average Bonchev–Trinajstić information content (AvgIpc) is 2.62. The normalized spacial score (nSPS) is 10.4. The van der Waals surface area contributed by atoms with Gasteiger partial charge in [-0.2, -0.15) is 0 Å². The van der Waals surface area contributed by atoms with Crippen LogP contribution in [0.2, 0.25) is 5.15 Å². The van der Waals surface area contributed by atoms with Crippen LogP contribution in [0.3, 0.4) is 0 Å². The molecule has 0 saturated carbocycles. The Kier molecular flexibility index (Phi) is 2.66. The van der Waals surface area contributed by atoms with E-state index in [2.05, 4.69) is 9.97 Å². The van der Waals surface area contributed by atoms with Crippen molar-refractivity contribution in [1.82, 2.24) is 9.97 Å². The zero-order valence-electron chi connectivity index (χ0n) is 8.62. The van der Waals surface area contributed by atoms with Gasteiger partial charge in [0, 0.05) is 5.56 Å². The Hall–Kier alpha value is -1.81. The van der Waals surface area contributed by atoms with Crippen molar-refractivity contribution in [3.8, 4) is 11.3 Å². The third-order valence-corrected chi connectivity index (χ3v) is 2.49. The number of nitrogens with zero attached hydrogens (tertiary/aromatic N) is 1. The lowest BCUT2D eigenvalue weighted by Gasteiger charge is -1.97. The van der Waals surface area contributed by atoms with Gasteiger partial charge in [0.25, 0.3) is 5.91 Å². The minimum absolute atomic E-state index is 0.0700. The first-order valence-corrected chi connectivity index (χ1v) is 5.08. The molecule has 0 fully saturated rings. The largest absolute Gasteiger partial charge is 0.363 e. The second-order valence-electron chi connectivity index (χ2n) is 3.48. The molecule has 16 heavy (non-hydrogen) atoms. The van der Waals surface area contributed by atoms with Crippen LogP contribution in [0.25, 0.3) is 11.3 Å². The molecule has 3 N–H and O–H groups in total. The molecule has 1 heterocycles. The number of aromatic amines is 1. The molecule has 2 aromatic rings. The number of H-pyrrole nitrogens is 1. The minimum Gasteiger partial charge on any atom is -0.363 e. The number of hydrogen-bond donors (Lipinski definition) is 2. The van der Waals surface area contributed by atoms with Crippen LogP contribution in [-0.4, -0.2) is 15.9 Å². The molecule has 0 unspecified atom stereocenters. The van der Waals surface area contributed by atoms with Crippen molar-refractivity contribution < 1.29 is 4.79 Å². The van der Waals surface area contributed by atoms with E-state index in [4.69, 9.17) is 17.3 Å². The number of hydrogen-bond acceptors (Lipinski definition) is 2. The molecule has 2 rings (SSSR count). The number of primary amides is 1. The standard InChI is InChI=1S/C11H10ClN3O/c1-6-2-4-7(5-3-6)8-9(12)15-11(14-8)10(13)16/h2-5H,1H3,(H2,13,16)(H,14,15). The number of aryl methyl sites for hydroxylation is 1. The maximum absolute atomic E-state index is 10.9. The molecule has 1 aromatic heterocycles. The first kappa shape index (κ1) is 10.7. The lowest BCUT2D eigenvalue weighted by atomic mass is 10.1. The fourth-order valence-corrected chi connectivity index (χ4v) is 1.61. The van der Waals surface area contributed by atoms with Crippen LogP contribution in [-0.2, 0) is 0 Å². The Labute approximate surface area is 97.5 Å².